The standard InChI is InChI=1S/C28H36FN4O9P/c1-15(2)40-25(36)16(3)32-43(38,42-17-9-10-21-19(13-17)18-7-5-6-8-20(18)30-21)39-14-22-24(35)28(4,29)26(41-22)33-12-11-23(34)31-27(33)37/h9-13,15-16,22,24,26,30,35H,5-8,14H2,1-4H3,(H,32,38)(H,31,34,37). The highest BCUT2D eigenvalue weighted by Crippen LogP contribution is 2.48. The van der Waals surface area contributed by atoms with E-state index >= 15 is 4.39 Å². The van der Waals surface area contributed by atoms with E-state index in [1.54, 1.807) is 32.0 Å². The molecule has 13 nitrogen and oxygen atoms in total. The third-order valence-electron chi connectivity index (χ3n) is 7.58. The molecule has 0 saturated carbocycles. The molecule has 1 aliphatic carbocycles. The van der Waals surface area contributed by atoms with Crippen LogP contribution in [0.2, 0.25) is 0 Å². The molecule has 43 heavy (non-hydrogen) atoms. The van der Waals surface area contributed by atoms with Crippen molar-refractivity contribution in [3.05, 3.63) is 62.6 Å². The second-order valence-corrected chi connectivity index (χ2v) is 13.1. The summed E-state index contributed by atoms with van der Waals surface area (Å²) >= 11 is 0. The van der Waals surface area contributed by atoms with Gasteiger partial charge in [0.25, 0.3) is 5.56 Å². The molecule has 4 N–H and O–H groups in total. The van der Waals surface area contributed by atoms with Crippen LogP contribution >= 0.6 is 7.75 Å². The van der Waals surface area contributed by atoms with Gasteiger partial charge < -0.3 is 24.1 Å². The van der Waals surface area contributed by atoms with E-state index in [2.05, 4.69) is 10.1 Å². The molecular formula is C28H36FN4O9P. The van der Waals surface area contributed by atoms with Crippen LogP contribution in [0.3, 0.4) is 0 Å². The Morgan fingerprint density at radius 2 is 1.98 bits per heavy atom. The Bertz CT molecular complexity index is 1670. The Kier molecular flexibility index (Phi) is 8.70. The van der Waals surface area contributed by atoms with Crippen molar-refractivity contribution in [1.82, 2.24) is 19.6 Å². The number of aliphatic hydroxyl groups is 1. The molecule has 0 bridgehead atoms. The van der Waals surface area contributed by atoms with Crippen LogP contribution in [0.25, 0.3) is 10.9 Å². The predicted octanol–water partition coefficient (Wildman–Crippen LogP) is 3.02. The van der Waals surface area contributed by atoms with Gasteiger partial charge in [0.2, 0.25) is 0 Å². The van der Waals surface area contributed by atoms with Crippen LogP contribution in [0.5, 0.6) is 5.75 Å². The lowest BCUT2D eigenvalue weighted by Gasteiger charge is -2.25. The van der Waals surface area contributed by atoms with Crippen LogP contribution in [0.15, 0.2) is 40.1 Å². The first kappa shape index (κ1) is 31.1. The van der Waals surface area contributed by atoms with Crippen molar-refractivity contribution in [1.29, 1.82) is 0 Å². The van der Waals surface area contributed by atoms with E-state index in [-0.39, 0.29) is 5.75 Å². The van der Waals surface area contributed by atoms with Gasteiger partial charge in [-0.2, -0.15) is 5.09 Å². The third-order valence-corrected chi connectivity index (χ3v) is 9.23. The molecule has 3 heterocycles. The highest BCUT2D eigenvalue weighted by molar-refractivity contribution is 7.52. The van der Waals surface area contributed by atoms with Crippen LogP contribution in [0.4, 0.5) is 4.39 Å². The number of nitrogens with zero attached hydrogens (tertiary/aromatic N) is 1. The van der Waals surface area contributed by atoms with Gasteiger partial charge in [-0.1, -0.05) is 0 Å². The Hall–Kier alpha value is -3.29. The number of hydrogen-bond acceptors (Lipinski definition) is 9. The summed E-state index contributed by atoms with van der Waals surface area (Å²) in [5.41, 5.74) is -0.902. The SMILES string of the molecule is CC(C)OC(=O)C(C)NP(=O)(OCC1OC(n2ccc(=O)[nH]c2=O)C(C)(F)C1O)Oc1ccc2[nH]c3c(c2c1)CCCC3. The molecule has 0 radical (unpaired) electrons. The van der Waals surface area contributed by atoms with Gasteiger partial charge in [0.05, 0.1) is 12.7 Å². The molecule has 1 fully saturated rings. The molecule has 1 aliphatic heterocycles. The number of H-pyrrole nitrogens is 2. The number of aliphatic hydroxyl groups excluding tert-OH is 1. The van der Waals surface area contributed by atoms with Crippen molar-refractivity contribution < 1.29 is 37.4 Å². The molecule has 15 heteroatoms. The lowest BCUT2D eigenvalue weighted by Crippen LogP contribution is -2.43. The van der Waals surface area contributed by atoms with Crippen LogP contribution in [-0.4, -0.2) is 62.2 Å². The van der Waals surface area contributed by atoms with Crippen molar-refractivity contribution in [3.8, 4) is 5.75 Å². The number of esters is 1. The fourth-order valence-electron chi connectivity index (χ4n) is 5.43. The number of fused-ring (bicyclic) bond motifs is 3. The summed E-state index contributed by atoms with van der Waals surface area (Å²) in [5.74, 6) is -0.510. The summed E-state index contributed by atoms with van der Waals surface area (Å²) < 4.78 is 53.0. The number of aryl methyl sites for hydroxylation is 2. The second kappa shape index (κ2) is 12.0. The van der Waals surface area contributed by atoms with Crippen LogP contribution in [0.1, 0.15) is 58.0 Å². The highest BCUT2D eigenvalue weighted by atomic mass is 31.2. The molecule has 5 rings (SSSR count). The average molecular weight is 623 g/mol. The molecule has 3 aromatic rings. The number of aromatic amines is 2. The lowest BCUT2D eigenvalue weighted by molar-refractivity contribution is -0.149. The smallest absolute Gasteiger partial charge is 0.459 e. The van der Waals surface area contributed by atoms with E-state index in [0.29, 0.717) is 0 Å². The van der Waals surface area contributed by atoms with Gasteiger partial charge in [-0.05, 0) is 77.1 Å². The molecule has 2 aliphatic rings. The predicted molar refractivity (Wildman–Crippen MR) is 154 cm³/mol. The first-order chi connectivity index (χ1) is 20.3. The zero-order valence-electron chi connectivity index (χ0n) is 24.3. The fraction of sp³-hybridized carbons (Fsp3) is 0.536. The van der Waals surface area contributed by atoms with E-state index < -0.39 is 67.8 Å². The molecule has 1 aromatic carbocycles. The number of ether oxygens (including phenoxy) is 2. The summed E-state index contributed by atoms with van der Waals surface area (Å²) in [6.45, 7) is 5.15. The summed E-state index contributed by atoms with van der Waals surface area (Å²) in [7, 11) is -4.40. The van der Waals surface area contributed by atoms with Crippen LogP contribution in [0, 0.1) is 0 Å². The third kappa shape index (κ3) is 6.48. The van der Waals surface area contributed by atoms with Gasteiger partial charge in [0, 0.05) is 28.9 Å². The number of benzene rings is 1. The van der Waals surface area contributed by atoms with Gasteiger partial charge in [0.1, 0.15) is 24.0 Å². The van der Waals surface area contributed by atoms with Gasteiger partial charge in [0.15, 0.2) is 11.9 Å². The van der Waals surface area contributed by atoms with Gasteiger partial charge in [-0.15, -0.1) is 0 Å². The number of rotatable bonds is 10. The zero-order chi connectivity index (χ0) is 31.1. The van der Waals surface area contributed by atoms with E-state index in [1.165, 1.54) is 6.92 Å². The van der Waals surface area contributed by atoms with Crippen molar-refractivity contribution in [3.63, 3.8) is 0 Å². The maximum atomic E-state index is 15.7. The highest BCUT2D eigenvalue weighted by Gasteiger charge is 2.56. The summed E-state index contributed by atoms with van der Waals surface area (Å²) in [6.07, 6.45) is -0.283. The van der Waals surface area contributed by atoms with Gasteiger partial charge in [-0.25, -0.2) is 13.8 Å². The van der Waals surface area contributed by atoms with E-state index in [1.807, 2.05) is 4.98 Å². The van der Waals surface area contributed by atoms with Crippen molar-refractivity contribution in [2.75, 3.05) is 6.61 Å². The fourth-order valence-corrected chi connectivity index (χ4v) is 6.92. The minimum atomic E-state index is -4.40. The molecule has 6 atom stereocenters. The van der Waals surface area contributed by atoms with Gasteiger partial charge in [-0.3, -0.25) is 23.7 Å². The molecule has 1 saturated heterocycles. The van der Waals surface area contributed by atoms with Gasteiger partial charge >= 0.3 is 19.4 Å². The minimum absolute atomic E-state index is 0.195. The first-order valence-corrected chi connectivity index (χ1v) is 15.7. The number of hydrogen-bond donors (Lipinski definition) is 4. The quantitative estimate of drug-likeness (QED) is 0.194. The van der Waals surface area contributed by atoms with E-state index in [0.717, 1.165) is 71.6 Å². The number of carbonyl (C=O) groups excluding carboxylic acids is 1. The van der Waals surface area contributed by atoms with Crippen molar-refractivity contribution >= 4 is 24.6 Å². The van der Waals surface area contributed by atoms with Crippen LogP contribution in [-0.2, 0) is 36.2 Å². The molecule has 6 unspecified atom stereocenters. The molecule has 0 amide bonds. The molecule has 234 valence electrons. The number of halogens is 1. The monoisotopic (exact) mass is 622 g/mol. The summed E-state index contributed by atoms with van der Waals surface area (Å²) in [4.78, 5) is 41.7. The van der Waals surface area contributed by atoms with E-state index in [9.17, 15) is 24.1 Å². The first-order valence-electron chi connectivity index (χ1n) is 14.2. The Balaban J connectivity index is 1.39. The molecule has 2 aromatic heterocycles. The largest absolute Gasteiger partial charge is 0.462 e. The maximum Gasteiger partial charge on any atom is 0.459 e. The van der Waals surface area contributed by atoms with Crippen molar-refractivity contribution in [2.45, 2.75) is 89.6 Å². The summed E-state index contributed by atoms with van der Waals surface area (Å²) in [5, 5.41) is 14.3. The minimum Gasteiger partial charge on any atom is -0.462 e. The number of aromatic nitrogens is 3. The Labute approximate surface area is 246 Å². The normalized spacial score (nSPS) is 25.8. The Morgan fingerprint density at radius 1 is 1.23 bits per heavy atom. The number of alkyl halides is 1. The topological polar surface area (TPSA) is 174 Å². The second-order valence-electron chi connectivity index (χ2n) is 11.4. The average Bonchev–Trinajstić information content (AvgIpc) is 3.41. The number of nitrogens with one attached hydrogen (secondary N) is 3. The molecule has 0 spiro atoms. The Morgan fingerprint density at radius 3 is 2.70 bits per heavy atom. The van der Waals surface area contributed by atoms with Crippen LogP contribution < -0.4 is 20.9 Å². The van der Waals surface area contributed by atoms with E-state index in [4.69, 9.17) is 18.5 Å². The van der Waals surface area contributed by atoms with Crippen molar-refractivity contribution in [2.24, 2.45) is 0 Å². The molecular weight excluding hydrogens is 586 g/mol. The number of carbonyl (C=O) groups is 1. The zero-order valence-corrected chi connectivity index (χ0v) is 25.2. The maximum absolute atomic E-state index is 15.7. The lowest BCUT2D eigenvalue weighted by atomic mass is 9.96. The summed E-state index contributed by atoms with van der Waals surface area (Å²) in [6, 6.07) is 5.03.